The van der Waals surface area contributed by atoms with Crippen LogP contribution in [0.25, 0.3) is 0 Å². The average molecular weight is 620 g/mol. The Hall–Kier alpha value is -2.93. The van der Waals surface area contributed by atoms with Gasteiger partial charge in [-0.15, -0.1) is 10.2 Å². The summed E-state index contributed by atoms with van der Waals surface area (Å²) in [6, 6.07) is 22.8. The molecule has 0 fully saturated rings. The molecule has 0 atom stereocenters. The number of amides is 1. The number of ether oxygens (including phenoxy) is 1. The van der Waals surface area contributed by atoms with Crippen LogP contribution < -0.4 is 14.4 Å². The smallest absolute Gasteiger partial charge is 0.264 e. The maximum absolute atomic E-state index is 13.5. The molecule has 192 valence electrons. The molecule has 37 heavy (non-hydrogen) atoms. The predicted octanol–water partition coefficient (Wildman–Crippen LogP) is 5.83. The zero-order valence-electron chi connectivity index (χ0n) is 19.7. The minimum absolute atomic E-state index is 0.0629. The summed E-state index contributed by atoms with van der Waals surface area (Å²) in [5, 5.41) is 11.1. The Kier molecular flexibility index (Phi) is 9.19. The molecule has 1 amide bonds. The first-order valence-corrected chi connectivity index (χ1v) is 15.2. The number of thioether (sulfide) groups is 1. The summed E-state index contributed by atoms with van der Waals surface area (Å²) >= 11 is 6.07. The van der Waals surface area contributed by atoms with E-state index in [1.165, 1.54) is 35.2 Å². The van der Waals surface area contributed by atoms with Crippen molar-refractivity contribution in [1.29, 1.82) is 0 Å². The fraction of sp³-hybridized carbons (Fsp3) is 0.160. The van der Waals surface area contributed by atoms with E-state index in [4.69, 9.17) is 4.74 Å². The number of hydrogen-bond donors (Lipinski definition) is 1. The molecule has 0 unspecified atom stereocenters. The number of benzene rings is 3. The van der Waals surface area contributed by atoms with Crippen LogP contribution in [0.2, 0.25) is 0 Å². The van der Waals surface area contributed by atoms with E-state index in [0.29, 0.717) is 27.5 Å². The quantitative estimate of drug-likeness (QED) is 0.167. The first kappa shape index (κ1) is 27.1. The van der Waals surface area contributed by atoms with Crippen molar-refractivity contribution in [3.8, 4) is 5.75 Å². The molecule has 8 nitrogen and oxygen atoms in total. The molecule has 4 rings (SSSR count). The molecule has 0 aliphatic heterocycles. The van der Waals surface area contributed by atoms with Crippen LogP contribution >= 0.6 is 39.0 Å². The summed E-state index contributed by atoms with van der Waals surface area (Å²) in [6.07, 6.45) is 0. The number of rotatable bonds is 11. The van der Waals surface area contributed by atoms with Crippen molar-refractivity contribution in [3.05, 3.63) is 88.9 Å². The Morgan fingerprint density at radius 3 is 2.41 bits per heavy atom. The molecule has 0 radical (unpaired) electrons. The number of carbonyl (C=O) groups excluding carboxylic acids is 1. The number of aromatic nitrogens is 2. The number of halogens is 1. The van der Waals surface area contributed by atoms with Crippen molar-refractivity contribution in [2.24, 2.45) is 0 Å². The van der Waals surface area contributed by atoms with Crippen molar-refractivity contribution < 1.29 is 17.9 Å². The molecule has 3 aromatic carbocycles. The molecule has 0 spiro atoms. The van der Waals surface area contributed by atoms with Crippen LogP contribution in [0.3, 0.4) is 0 Å². The Morgan fingerprint density at radius 1 is 1.03 bits per heavy atom. The van der Waals surface area contributed by atoms with E-state index in [9.17, 15) is 13.2 Å². The van der Waals surface area contributed by atoms with Crippen LogP contribution in [0.4, 0.5) is 10.8 Å². The van der Waals surface area contributed by atoms with Crippen LogP contribution in [0.5, 0.6) is 5.75 Å². The summed E-state index contributed by atoms with van der Waals surface area (Å²) in [4.78, 5) is 13.0. The fourth-order valence-electron chi connectivity index (χ4n) is 3.25. The fourth-order valence-corrected chi connectivity index (χ4v) is 6.66. The third-order valence-electron chi connectivity index (χ3n) is 4.98. The van der Waals surface area contributed by atoms with Crippen LogP contribution in [0.15, 0.2) is 92.6 Å². The second-order valence-electron chi connectivity index (χ2n) is 7.59. The molecule has 12 heteroatoms. The maximum atomic E-state index is 13.5. The van der Waals surface area contributed by atoms with E-state index in [1.54, 1.807) is 36.4 Å². The van der Waals surface area contributed by atoms with E-state index in [-0.39, 0.29) is 4.90 Å². The standard InChI is InChI=1S/C25H23BrN4O4S3/c1-2-34-21-12-10-20(11-13-21)30(37(32,33)22-14-8-19(26)9-15-22)16-23(31)27-24-28-29-25(36-24)35-17-18-6-4-3-5-7-18/h3-15H,2,16-17H2,1H3,(H,27,28,31). The monoisotopic (exact) mass is 618 g/mol. The minimum atomic E-state index is -4.04. The van der Waals surface area contributed by atoms with E-state index < -0.39 is 22.5 Å². The third kappa shape index (κ3) is 7.31. The number of carbonyl (C=O) groups is 1. The lowest BCUT2D eigenvalue weighted by atomic mass is 10.2. The molecule has 0 saturated heterocycles. The lowest BCUT2D eigenvalue weighted by Gasteiger charge is -2.24. The summed E-state index contributed by atoms with van der Waals surface area (Å²) in [5.74, 6) is 0.789. The van der Waals surface area contributed by atoms with E-state index in [2.05, 4.69) is 31.4 Å². The number of anilines is 2. The molecule has 1 N–H and O–H groups in total. The molecular weight excluding hydrogens is 596 g/mol. The first-order valence-electron chi connectivity index (χ1n) is 11.2. The molecule has 1 heterocycles. The molecule has 0 saturated carbocycles. The van der Waals surface area contributed by atoms with Crippen LogP contribution in [-0.4, -0.2) is 37.7 Å². The van der Waals surface area contributed by atoms with Crippen LogP contribution in [0, 0.1) is 0 Å². The second-order valence-corrected chi connectivity index (χ2v) is 12.6. The highest BCUT2D eigenvalue weighted by Gasteiger charge is 2.27. The maximum Gasteiger partial charge on any atom is 0.264 e. The lowest BCUT2D eigenvalue weighted by Crippen LogP contribution is -2.38. The van der Waals surface area contributed by atoms with Gasteiger partial charge in [-0.25, -0.2) is 8.42 Å². The zero-order chi connectivity index (χ0) is 26.3. The van der Waals surface area contributed by atoms with Crippen molar-refractivity contribution in [2.75, 3.05) is 22.8 Å². The molecule has 1 aromatic heterocycles. The van der Waals surface area contributed by atoms with Crippen LogP contribution in [-0.2, 0) is 20.6 Å². The lowest BCUT2D eigenvalue weighted by molar-refractivity contribution is -0.114. The Labute approximate surface area is 232 Å². The van der Waals surface area contributed by atoms with Gasteiger partial charge in [-0.1, -0.05) is 69.4 Å². The highest BCUT2D eigenvalue weighted by molar-refractivity contribution is 9.10. The number of sulfonamides is 1. The van der Waals surface area contributed by atoms with Gasteiger partial charge in [-0.05, 0) is 61.0 Å². The molecule has 0 bridgehead atoms. The number of nitrogens with zero attached hydrogens (tertiary/aromatic N) is 3. The predicted molar refractivity (Wildman–Crippen MR) is 151 cm³/mol. The van der Waals surface area contributed by atoms with Crippen molar-refractivity contribution in [2.45, 2.75) is 21.9 Å². The largest absolute Gasteiger partial charge is 0.494 e. The summed E-state index contributed by atoms with van der Waals surface area (Å²) < 4.78 is 35.0. The van der Waals surface area contributed by atoms with Gasteiger partial charge in [0.15, 0.2) is 4.34 Å². The van der Waals surface area contributed by atoms with E-state index in [0.717, 1.165) is 20.1 Å². The zero-order valence-corrected chi connectivity index (χ0v) is 23.7. The van der Waals surface area contributed by atoms with Gasteiger partial charge in [0, 0.05) is 10.2 Å². The van der Waals surface area contributed by atoms with Gasteiger partial charge < -0.3 is 4.74 Å². The molecule has 0 aliphatic carbocycles. The molecule has 0 aliphatic rings. The van der Waals surface area contributed by atoms with Gasteiger partial charge in [0.1, 0.15) is 12.3 Å². The summed E-state index contributed by atoms with van der Waals surface area (Å²) in [5.41, 5.74) is 1.48. The van der Waals surface area contributed by atoms with Gasteiger partial charge in [-0.3, -0.25) is 14.4 Å². The Balaban J connectivity index is 1.50. The van der Waals surface area contributed by atoms with Crippen molar-refractivity contribution in [1.82, 2.24) is 10.2 Å². The van der Waals surface area contributed by atoms with Gasteiger partial charge in [0.05, 0.1) is 17.2 Å². The van der Waals surface area contributed by atoms with Gasteiger partial charge in [-0.2, -0.15) is 0 Å². The van der Waals surface area contributed by atoms with Gasteiger partial charge >= 0.3 is 0 Å². The van der Waals surface area contributed by atoms with Crippen LogP contribution in [0.1, 0.15) is 12.5 Å². The average Bonchev–Trinajstić information content (AvgIpc) is 3.35. The molecule has 4 aromatic rings. The van der Waals surface area contributed by atoms with Gasteiger partial charge in [0.25, 0.3) is 10.0 Å². The highest BCUT2D eigenvalue weighted by atomic mass is 79.9. The van der Waals surface area contributed by atoms with Gasteiger partial charge in [0.2, 0.25) is 11.0 Å². The highest BCUT2D eigenvalue weighted by Crippen LogP contribution is 2.29. The molecular formula is C25H23BrN4O4S3. The third-order valence-corrected chi connectivity index (χ3v) is 9.34. The van der Waals surface area contributed by atoms with E-state index in [1.807, 2.05) is 37.3 Å². The number of hydrogen-bond acceptors (Lipinski definition) is 8. The minimum Gasteiger partial charge on any atom is -0.494 e. The van der Waals surface area contributed by atoms with Crippen molar-refractivity contribution >= 4 is 65.8 Å². The Morgan fingerprint density at radius 2 is 1.73 bits per heavy atom. The normalized spacial score (nSPS) is 11.2. The second kappa shape index (κ2) is 12.5. The topological polar surface area (TPSA) is 101 Å². The SMILES string of the molecule is CCOc1ccc(N(CC(=O)Nc2nnc(SCc3ccccc3)s2)S(=O)(=O)c2ccc(Br)cc2)cc1. The Bertz CT molecular complexity index is 1430. The summed E-state index contributed by atoms with van der Waals surface area (Å²) in [6.45, 7) is 1.90. The first-order chi connectivity index (χ1) is 17.8. The van der Waals surface area contributed by atoms with E-state index >= 15 is 0 Å². The summed E-state index contributed by atoms with van der Waals surface area (Å²) in [7, 11) is -4.04. The van der Waals surface area contributed by atoms with Crippen molar-refractivity contribution in [3.63, 3.8) is 0 Å². The number of nitrogens with one attached hydrogen (secondary N) is 1.